The van der Waals surface area contributed by atoms with Gasteiger partial charge in [-0.25, -0.2) is 8.42 Å². The summed E-state index contributed by atoms with van der Waals surface area (Å²) in [6.07, 6.45) is 4.56. The molecule has 0 unspecified atom stereocenters. The van der Waals surface area contributed by atoms with Gasteiger partial charge >= 0.3 is 0 Å². The number of aryl methyl sites for hydroxylation is 1. The first kappa shape index (κ1) is 18.9. The normalized spacial score (nSPS) is 15.7. The highest BCUT2D eigenvalue weighted by Gasteiger charge is 2.21. The lowest BCUT2D eigenvalue weighted by Crippen LogP contribution is -2.35. The van der Waals surface area contributed by atoms with E-state index in [1.807, 2.05) is 30.9 Å². The van der Waals surface area contributed by atoms with E-state index in [0.29, 0.717) is 30.8 Å². The summed E-state index contributed by atoms with van der Waals surface area (Å²) in [5.41, 5.74) is 0.999. The standard InChI is InChI=1S/C18H28N2O3S/c1-3-20(4-2)24(22,23)17-11-8-16(9-12-17)10-13-18(21)19-14-6-5-7-15-19/h8-9,11-12H,3-7,10,13-15H2,1-2H3. The molecule has 0 aliphatic carbocycles. The van der Waals surface area contributed by atoms with E-state index in [-0.39, 0.29) is 5.91 Å². The molecule has 0 radical (unpaired) electrons. The number of carbonyl (C=O) groups excluding carboxylic acids is 1. The van der Waals surface area contributed by atoms with Crippen LogP contribution in [-0.4, -0.2) is 49.7 Å². The van der Waals surface area contributed by atoms with Crippen LogP contribution in [-0.2, 0) is 21.2 Å². The molecule has 2 rings (SSSR count). The van der Waals surface area contributed by atoms with Gasteiger partial charge in [-0.1, -0.05) is 26.0 Å². The van der Waals surface area contributed by atoms with E-state index in [2.05, 4.69) is 0 Å². The van der Waals surface area contributed by atoms with Gasteiger partial charge in [0.25, 0.3) is 0 Å². The van der Waals surface area contributed by atoms with E-state index < -0.39 is 10.0 Å². The van der Waals surface area contributed by atoms with Gasteiger partial charge in [0.2, 0.25) is 15.9 Å². The fraction of sp³-hybridized carbons (Fsp3) is 0.611. The third kappa shape index (κ3) is 4.57. The van der Waals surface area contributed by atoms with Crippen LogP contribution in [0.15, 0.2) is 29.2 Å². The predicted molar refractivity (Wildman–Crippen MR) is 95.3 cm³/mol. The number of hydrogen-bond donors (Lipinski definition) is 0. The second-order valence-corrected chi connectivity index (χ2v) is 8.11. The average molecular weight is 353 g/mol. The number of piperidine rings is 1. The minimum atomic E-state index is -3.41. The second-order valence-electron chi connectivity index (χ2n) is 6.17. The van der Waals surface area contributed by atoms with Gasteiger partial charge < -0.3 is 4.90 Å². The number of sulfonamides is 1. The maximum atomic E-state index is 12.4. The Bertz CT molecular complexity index is 631. The topological polar surface area (TPSA) is 57.7 Å². The highest BCUT2D eigenvalue weighted by atomic mass is 32.2. The minimum Gasteiger partial charge on any atom is -0.343 e. The zero-order valence-electron chi connectivity index (χ0n) is 14.7. The molecule has 1 saturated heterocycles. The van der Waals surface area contributed by atoms with E-state index in [1.165, 1.54) is 10.7 Å². The summed E-state index contributed by atoms with van der Waals surface area (Å²) >= 11 is 0. The van der Waals surface area contributed by atoms with Crippen LogP contribution in [0, 0.1) is 0 Å². The largest absolute Gasteiger partial charge is 0.343 e. The first-order valence-corrected chi connectivity index (χ1v) is 10.3. The van der Waals surface area contributed by atoms with Crippen molar-refractivity contribution in [1.29, 1.82) is 0 Å². The second kappa shape index (κ2) is 8.62. The average Bonchev–Trinajstić information content (AvgIpc) is 2.61. The van der Waals surface area contributed by atoms with Gasteiger partial charge in [-0.2, -0.15) is 4.31 Å². The zero-order valence-corrected chi connectivity index (χ0v) is 15.5. The highest BCUT2D eigenvalue weighted by Crippen LogP contribution is 2.17. The van der Waals surface area contributed by atoms with E-state index in [9.17, 15) is 13.2 Å². The minimum absolute atomic E-state index is 0.203. The Morgan fingerprint density at radius 2 is 1.62 bits per heavy atom. The van der Waals surface area contributed by atoms with Crippen molar-refractivity contribution in [1.82, 2.24) is 9.21 Å². The first-order valence-electron chi connectivity index (χ1n) is 8.86. The quantitative estimate of drug-likeness (QED) is 0.758. The van der Waals surface area contributed by atoms with Crippen molar-refractivity contribution in [2.45, 2.75) is 50.8 Å². The molecule has 0 bridgehead atoms. The first-order chi connectivity index (χ1) is 11.5. The summed E-state index contributed by atoms with van der Waals surface area (Å²) in [6, 6.07) is 6.93. The van der Waals surface area contributed by atoms with Crippen molar-refractivity contribution in [3.8, 4) is 0 Å². The van der Waals surface area contributed by atoms with Gasteiger partial charge in [0.15, 0.2) is 0 Å². The zero-order chi connectivity index (χ0) is 17.6. The Morgan fingerprint density at radius 1 is 1.04 bits per heavy atom. The predicted octanol–water partition coefficient (Wildman–Crippen LogP) is 2.66. The highest BCUT2D eigenvalue weighted by molar-refractivity contribution is 7.89. The maximum Gasteiger partial charge on any atom is 0.243 e. The van der Waals surface area contributed by atoms with E-state index in [0.717, 1.165) is 31.5 Å². The lowest BCUT2D eigenvalue weighted by molar-refractivity contribution is -0.132. The lowest BCUT2D eigenvalue weighted by Gasteiger charge is -2.26. The van der Waals surface area contributed by atoms with Crippen molar-refractivity contribution in [2.75, 3.05) is 26.2 Å². The van der Waals surface area contributed by atoms with Crippen molar-refractivity contribution >= 4 is 15.9 Å². The Morgan fingerprint density at radius 3 is 2.17 bits per heavy atom. The Kier molecular flexibility index (Phi) is 6.80. The molecule has 1 aromatic rings. The Hall–Kier alpha value is -1.40. The molecule has 1 amide bonds. The molecule has 0 spiro atoms. The number of hydrogen-bond acceptors (Lipinski definition) is 3. The summed E-state index contributed by atoms with van der Waals surface area (Å²) in [4.78, 5) is 14.5. The number of rotatable bonds is 7. The third-order valence-electron chi connectivity index (χ3n) is 4.60. The fourth-order valence-corrected chi connectivity index (χ4v) is 4.55. The number of benzene rings is 1. The molecular weight excluding hydrogens is 324 g/mol. The smallest absolute Gasteiger partial charge is 0.243 e. The SMILES string of the molecule is CCN(CC)S(=O)(=O)c1ccc(CCC(=O)N2CCCCC2)cc1. The van der Waals surface area contributed by atoms with Crippen molar-refractivity contribution in [2.24, 2.45) is 0 Å². The molecule has 5 nitrogen and oxygen atoms in total. The van der Waals surface area contributed by atoms with Crippen LogP contribution in [0.4, 0.5) is 0 Å². The van der Waals surface area contributed by atoms with Crippen molar-refractivity contribution < 1.29 is 13.2 Å². The molecule has 1 fully saturated rings. The Labute approximate surface area is 145 Å². The molecule has 0 atom stereocenters. The number of amides is 1. The summed E-state index contributed by atoms with van der Waals surface area (Å²) in [5.74, 6) is 0.203. The summed E-state index contributed by atoms with van der Waals surface area (Å²) in [5, 5.41) is 0. The van der Waals surface area contributed by atoms with Crippen LogP contribution >= 0.6 is 0 Å². The van der Waals surface area contributed by atoms with Gasteiger partial charge in [0.05, 0.1) is 4.90 Å². The van der Waals surface area contributed by atoms with Gasteiger partial charge in [-0.15, -0.1) is 0 Å². The van der Waals surface area contributed by atoms with Gasteiger partial charge in [-0.3, -0.25) is 4.79 Å². The molecular formula is C18H28N2O3S. The molecule has 1 aliphatic rings. The monoisotopic (exact) mass is 352 g/mol. The molecule has 6 heteroatoms. The molecule has 1 aromatic carbocycles. The molecule has 0 saturated carbocycles. The van der Waals surface area contributed by atoms with Crippen molar-refractivity contribution in [3.63, 3.8) is 0 Å². The van der Waals surface area contributed by atoms with Crippen molar-refractivity contribution in [3.05, 3.63) is 29.8 Å². The van der Waals surface area contributed by atoms with Crippen LogP contribution in [0.1, 0.15) is 45.1 Å². The van der Waals surface area contributed by atoms with E-state index in [4.69, 9.17) is 0 Å². The summed E-state index contributed by atoms with van der Waals surface area (Å²) < 4.78 is 26.3. The molecule has 1 aliphatic heterocycles. The lowest BCUT2D eigenvalue weighted by atomic mass is 10.1. The number of carbonyl (C=O) groups is 1. The van der Waals surface area contributed by atoms with Crippen LogP contribution in [0.2, 0.25) is 0 Å². The van der Waals surface area contributed by atoms with Crippen LogP contribution in [0.25, 0.3) is 0 Å². The number of nitrogens with zero attached hydrogens (tertiary/aromatic N) is 2. The molecule has 0 N–H and O–H groups in total. The van der Waals surface area contributed by atoms with Crippen LogP contribution in [0.3, 0.4) is 0 Å². The number of likely N-dealkylation sites (tertiary alicyclic amines) is 1. The Balaban J connectivity index is 1.95. The summed E-state index contributed by atoms with van der Waals surface area (Å²) in [7, 11) is -3.41. The molecule has 0 aromatic heterocycles. The summed E-state index contributed by atoms with van der Waals surface area (Å²) in [6.45, 7) is 6.35. The van der Waals surface area contributed by atoms with E-state index >= 15 is 0 Å². The molecule has 1 heterocycles. The van der Waals surface area contributed by atoms with Gasteiger partial charge in [0, 0.05) is 32.6 Å². The van der Waals surface area contributed by atoms with Crippen LogP contribution < -0.4 is 0 Å². The maximum absolute atomic E-state index is 12.4. The van der Waals surface area contributed by atoms with E-state index in [1.54, 1.807) is 12.1 Å². The molecule has 134 valence electrons. The molecule has 24 heavy (non-hydrogen) atoms. The van der Waals surface area contributed by atoms with Crippen LogP contribution in [0.5, 0.6) is 0 Å². The van der Waals surface area contributed by atoms with Gasteiger partial charge in [-0.05, 0) is 43.4 Å². The fourth-order valence-electron chi connectivity index (χ4n) is 3.09. The van der Waals surface area contributed by atoms with Gasteiger partial charge in [0.1, 0.15) is 0 Å². The third-order valence-corrected chi connectivity index (χ3v) is 6.67.